The highest BCUT2D eigenvalue weighted by molar-refractivity contribution is 5.56. The van der Waals surface area contributed by atoms with E-state index in [0.29, 0.717) is 13.2 Å². The van der Waals surface area contributed by atoms with Gasteiger partial charge in [0.25, 0.3) is 0 Å². The van der Waals surface area contributed by atoms with Crippen molar-refractivity contribution in [1.82, 2.24) is 0 Å². The molecular formula is C14H22N2O2. The average Bonchev–Trinajstić information content (AvgIpc) is 2.46. The van der Waals surface area contributed by atoms with Gasteiger partial charge in [0, 0.05) is 18.3 Å². The van der Waals surface area contributed by atoms with Crippen molar-refractivity contribution in [2.75, 3.05) is 31.3 Å². The van der Waals surface area contributed by atoms with E-state index in [2.05, 4.69) is 24.0 Å². The molecule has 4 nitrogen and oxygen atoms in total. The van der Waals surface area contributed by atoms with Crippen LogP contribution in [0.3, 0.4) is 0 Å². The minimum Gasteiger partial charge on any atom is -0.394 e. The lowest BCUT2D eigenvalue weighted by Crippen LogP contribution is -2.48. The summed E-state index contributed by atoms with van der Waals surface area (Å²) in [5.74, 6) is 0. The van der Waals surface area contributed by atoms with Gasteiger partial charge in [0.15, 0.2) is 0 Å². The van der Waals surface area contributed by atoms with Crippen molar-refractivity contribution in [3.63, 3.8) is 0 Å². The van der Waals surface area contributed by atoms with Crippen molar-refractivity contribution in [2.45, 2.75) is 25.4 Å². The van der Waals surface area contributed by atoms with Crippen molar-refractivity contribution in [3.8, 4) is 0 Å². The van der Waals surface area contributed by atoms with Crippen LogP contribution >= 0.6 is 0 Å². The Kier molecular flexibility index (Phi) is 4.58. The van der Waals surface area contributed by atoms with Crippen LogP contribution in [-0.2, 0) is 4.74 Å². The van der Waals surface area contributed by atoms with E-state index in [4.69, 9.17) is 10.5 Å². The number of morpholine rings is 1. The normalized spacial score (nSPS) is 21.9. The predicted molar refractivity (Wildman–Crippen MR) is 72.7 cm³/mol. The molecule has 1 aromatic carbocycles. The molecule has 0 saturated carbocycles. The number of anilines is 1. The summed E-state index contributed by atoms with van der Waals surface area (Å²) in [4.78, 5) is 2.22. The van der Waals surface area contributed by atoms with Gasteiger partial charge < -0.3 is 20.5 Å². The molecule has 2 unspecified atom stereocenters. The fourth-order valence-electron chi connectivity index (χ4n) is 2.41. The van der Waals surface area contributed by atoms with E-state index in [1.807, 2.05) is 12.1 Å². The van der Waals surface area contributed by atoms with E-state index >= 15 is 0 Å². The molecule has 0 radical (unpaired) electrons. The standard InChI is InChI=1S/C14H22N2O2/c1-2-13(15)12-5-3-4-6-14(12)16-7-8-18-10-11(16)9-17/h3-6,11,13,17H,2,7-10,15H2,1H3. The summed E-state index contributed by atoms with van der Waals surface area (Å²) < 4.78 is 5.42. The Balaban J connectivity index is 2.30. The van der Waals surface area contributed by atoms with Gasteiger partial charge in [0.1, 0.15) is 0 Å². The number of aliphatic hydroxyl groups is 1. The van der Waals surface area contributed by atoms with Crippen molar-refractivity contribution < 1.29 is 9.84 Å². The van der Waals surface area contributed by atoms with Crippen molar-refractivity contribution in [3.05, 3.63) is 29.8 Å². The molecule has 0 bridgehead atoms. The molecule has 1 aliphatic rings. The van der Waals surface area contributed by atoms with Crippen molar-refractivity contribution >= 4 is 5.69 Å². The van der Waals surface area contributed by atoms with E-state index in [-0.39, 0.29) is 18.7 Å². The van der Waals surface area contributed by atoms with Crippen LogP contribution in [0.25, 0.3) is 0 Å². The fourth-order valence-corrected chi connectivity index (χ4v) is 2.41. The van der Waals surface area contributed by atoms with E-state index in [0.717, 1.165) is 24.2 Å². The monoisotopic (exact) mass is 250 g/mol. The van der Waals surface area contributed by atoms with Gasteiger partial charge in [-0.25, -0.2) is 0 Å². The van der Waals surface area contributed by atoms with Gasteiger partial charge in [-0.3, -0.25) is 0 Å². The number of hydrogen-bond acceptors (Lipinski definition) is 4. The highest BCUT2D eigenvalue weighted by Gasteiger charge is 2.25. The Labute approximate surface area is 108 Å². The highest BCUT2D eigenvalue weighted by atomic mass is 16.5. The maximum atomic E-state index is 9.46. The zero-order valence-corrected chi connectivity index (χ0v) is 10.9. The van der Waals surface area contributed by atoms with E-state index < -0.39 is 0 Å². The molecule has 0 spiro atoms. The summed E-state index contributed by atoms with van der Waals surface area (Å²) in [6, 6.07) is 8.27. The van der Waals surface area contributed by atoms with Crippen LogP contribution in [0.2, 0.25) is 0 Å². The molecule has 1 fully saturated rings. The number of para-hydroxylation sites is 1. The van der Waals surface area contributed by atoms with Crippen LogP contribution in [-0.4, -0.2) is 37.5 Å². The molecule has 0 aromatic heterocycles. The van der Waals surface area contributed by atoms with Gasteiger partial charge in [-0.05, 0) is 18.1 Å². The number of nitrogens with zero attached hydrogens (tertiary/aromatic N) is 1. The Hall–Kier alpha value is -1.10. The first-order chi connectivity index (χ1) is 8.77. The van der Waals surface area contributed by atoms with Crippen LogP contribution in [0, 0.1) is 0 Å². The smallest absolute Gasteiger partial charge is 0.0755 e. The third-order valence-electron chi connectivity index (χ3n) is 3.52. The summed E-state index contributed by atoms with van der Waals surface area (Å²) in [5, 5.41) is 9.46. The number of ether oxygens (including phenoxy) is 1. The summed E-state index contributed by atoms with van der Waals surface area (Å²) in [7, 11) is 0. The van der Waals surface area contributed by atoms with Gasteiger partial charge in [-0.1, -0.05) is 25.1 Å². The summed E-state index contributed by atoms with van der Waals surface area (Å²) in [6.07, 6.45) is 0.908. The van der Waals surface area contributed by atoms with E-state index in [9.17, 15) is 5.11 Å². The zero-order valence-electron chi connectivity index (χ0n) is 10.9. The van der Waals surface area contributed by atoms with E-state index in [1.165, 1.54) is 0 Å². The quantitative estimate of drug-likeness (QED) is 0.845. The molecule has 1 aliphatic heterocycles. The molecule has 100 valence electrons. The van der Waals surface area contributed by atoms with Gasteiger partial charge in [-0.15, -0.1) is 0 Å². The predicted octanol–water partition coefficient (Wildman–Crippen LogP) is 1.29. The van der Waals surface area contributed by atoms with Crippen LogP contribution in [0.4, 0.5) is 5.69 Å². The molecule has 1 saturated heterocycles. The first-order valence-electron chi connectivity index (χ1n) is 6.57. The second-order valence-corrected chi connectivity index (χ2v) is 4.68. The number of rotatable bonds is 4. The first kappa shape index (κ1) is 13.3. The lowest BCUT2D eigenvalue weighted by atomic mass is 10.0. The molecule has 18 heavy (non-hydrogen) atoms. The van der Waals surface area contributed by atoms with Gasteiger partial charge in [-0.2, -0.15) is 0 Å². The summed E-state index contributed by atoms with van der Waals surface area (Å²) in [6.45, 7) is 4.27. The SMILES string of the molecule is CCC(N)c1ccccc1N1CCOCC1CO. The molecule has 2 rings (SSSR count). The number of aliphatic hydroxyl groups excluding tert-OH is 1. The molecule has 1 heterocycles. The van der Waals surface area contributed by atoms with Crippen molar-refractivity contribution in [2.24, 2.45) is 5.73 Å². The molecule has 0 aliphatic carbocycles. The minimum atomic E-state index is 0.0314. The van der Waals surface area contributed by atoms with Crippen LogP contribution in [0.15, 0.2) is 24.3 Å². The molecule has 4 heteroatoms. The Bertz CT molecular complexity index is 384. The third-order valence-corrected chi connectivity index (χ3v) is 3.52. The van der Waals surface area contributed by atoms with Crippen LogP contribution < -0.4 is 10.6 Å². The summed E-state index contributed by atoms with van der Waals surface area (Å²) >= 11 is 0. The van der Waals surface area contributed by atoms with Gasteiger partial charge >= 0.3 is 0 Å². The highest BCUT2D eigenvalue weighted by Crippen LogP contribution is 2.29. The average molecular weight is 250 g/mol. The second-order valence-electron chi connectivity index (χ2n) is 4.68. The number of hydrogen-bond donors (Lipinski definition) is 2. The molecule has 3 N–H and O–H groups in total. The topological polar surface area (TPSA) is 58.7 Å². The van der Waals surface area contributed by atoms with Gasteiger partial charge in [0.2, 0.25) is 0 Å². The molecular weight excluding hydrogens is 228 g/mol. The Morgan fingerprint density at radius 3 is 3.00 bits per heavy atom. The number of nitrogens with two attached hydrogens (primary N) is 1. The number of benzene rings is 1. The lowest BCUT2D eigenvalue weighted by Gasteiger charge is -2.38. The zero-order chi connectivity index (χ0) is 13.0. The third kappa shape index (κ3) is 2.66. The van der Waals surface area contributed by atoms with Crippen molar-refractivity contribution in [1.29, 1.82) is 0 Å². The van der Waals surface area contributed by atoms with Gasteiger partial charge in [0.05, 0.1) is 25.9 Å². The lowest BCUT2D eigenvalue weighted by molar-refractivity contribution is 0.0726. The van der Waals surface area contributed by atoms with Crippen LogP contribution in [0.5, 0.6) is 0 Å². The van der Waals surface area contributed by atoms with Crippen LogP contribution in [0.1, 0.15) is 24.9 Å². The molecule has 1 aromatic rings. The maximum Gasteiger partial charge on any atom is 0.0755 e. The van der Waals surface area contributed by atoms with E-state index in [1.54, 1.807) is 0 Å². The summed E-state index contributed by atoms with van der Waals surface area (Å²) in [5.41, 5.74) is 8.45. The molecule has 2 atom stereocenters. The largest absolute Gasteiger partial charge is 0.394 e. The Morgan fingerprint density at radius 2 is 2.28 bits per heavy atom. The first-order valence-corrected chi connectivity index (χ1v) is 6.57. The fraction of sp³-hybridized carbons (Fsp3) is 0.571. The Morgan fingerprint density at radius 1 is 1.50 bits per heavy atom. The minimum absolute atomic E-state index is 0.0314. The second kappa shape index (κ2) is 6.18. The maximum absolute atomic E-state index is 9.46. The molecule has 0 amide bonds.